The van der Waals surface area contributed by atoms with Gasteiger partial charge in [-0.1, -0.05) is 6.58 Å². The first-order chi connectivity index (χ1) is 7.42. The first-order valence-corrected chi connectivity index (χ1v) is 4.25. The SMILES string of the molecule is C=CC(=O)c1ccc(OCC(F)(F)F)nc1. The van der Waals surface area contributed by atoms with Crippen LogP contribution in [0.15, 0.2) is 31.0 Å². The van der Waals surface area contributed by atoms with E-state index >= 15 is 0 Å². The van der Waals surface area contributed by atoms with Crippen molar-refractivity contribution in [3.63, 3.8) is 0 Å². The number of aromatic nitrogens is 1. The van der Waals surface area contributed by atoms with E-state index in [1.54, 1.807) is 0 Å². The van der Waals surface area contributed by atoms with E-state index in [9.17, 15) is 18.0 Å². The maximum absolute atomic E-state index is 11.8. The van der Waals surface area contributed by atoms with Gasteiger partial charge in [0, 0.05) is 17.8 Å². The van der Waals surface area contributed by atoms with Crippen molar-refractivity contribution in [1.82, 2.24) is 4.98 Å². The van der Waals surface area contributed by atoms with Gasteiger partial charge in [-0.05, 0) is 12.1 Å². The summed E-state index contributed by atoms with van der Waals surface area (Å²) in [6.45, 7) is 1.86. The van der Waals surface area contributed by atoms with Gasteiger partial charge in [0.05, 0.1) is 0 Å². The van der Waals surface area contributed by atoms with Crippen LogP contribution in [0.25, 0.3) is 0 Å². The molecule has 0 unspecified atom stereocenters. The zero-order valence-corrected chi connectivity index (χ0v) is 8.12. The molecule has 3 nitrogen and oxygen atoms in total. The molecule has 16 heavy (non-hydrogen) atoms. The Hall–Kier alpha value is -1.85. The van der Waals surface area contributed by atoms with Crippen LogP contribution in [0.5, 0.6) is 5.88 Å². The molecule has 0 saturated carbocycles. The number of halogens is 3. The van der Waals surface area contributed by atoms with Gasteiger partial charge in [-0.3, -0.25) is 4.79 Å². The minimum Gasteiger partial charge on any atom is -0.468 e. The Labute approximate surface area is 89.6 Å². The summed E-state index contributed by atoms with van der Waals surface area (Å²) in [4.78, 5) is 14.6. The molecular weight excluding hydrogens is 223 g/mol. The summed E-state index contributed by atoms with van der Waals surface area (Å²) in [6.07, 6.45) is -2.18. The minimum atomic E-state index is -4.41. The summed E-state index contributed by atoms with van der Waals surface area (Å²) in [5.41, 5.74) is 0.245. The molecule has 0 N–H and O–H groups in total. The molecule has 1 aromatic heterocycles. The van der Waals surface area contributed by atoms with Gasteiger partial charge in [-0.25, -0.2) is 4.98 Å². The van der Waals surface area contributed by atoms with E-state index in [0.29, 0.717) is 0 Å². The molecule has 0 aromatic carbocycles. The Balaban J connectivity index is 2.65. The van der Waals surface area contributed by atoms with Gasteiger partial charge in [-0.2, -0.15) is 13.2 Å². The van der Waals surface area contributed by atoms with Crippen molar-refractivity contribution in [2.75, 3.05) is 6.61 Å². The standard InChI is InChI=1S/C10H8F3NO2/c1-2-8(15)7-3-4-9(14-5-7)16-6-10(11,12)13/h2-5H,1,6H2. The molecule has 0 aliphatic carbocycles. The van der Waals surface area contributed by atoms with E-state index in [1.165, 1.54) is 12.1 Å². The molecule has 86 valence electrons. The van der Waals surface area contributed by atoms with E-state index in [1.807, 2.05) is 0 Å². The normalized spacial score (nSPS) is 10.9. The quantitative estimate of drug-likeness (QED) is 0.590. The lowest BCUT2D eigenvalue weighted by Crippen LogP contribution is -2.19. The lowest BCUT2D eigenvalue weighted by molar-refractivity contribution is -0.154. The lowest BCUT2D eigenvalue weighted by atomic mass is 10.2. The van der Waals surface area contributed by atoms with E-state index in [4.69, 9.17) is 0 Å². The molecule has 0 aliphatic heterocycles. The first kappa shape index (κ1) is 12.2. The number of hydrogen-bond acceptors (Lipinski definition) is 3. The second-order valence-corrected chi connectivity index (χ2v) is 2.86. The predicted octanol–water partition coefficient (Wildman–Crippen LogP) is 2.39. The Kier molecular flexibility index (Phi) is 3.65. The highest BCUT2D eigenvalue weighted by Crippen LogP contribution is 2.17. The summed E-state index contributed by atoms with van der Waals surface area (Å²) >= 11 is 0. The van der Waals surface area contributed by atoms with E-state index in [2.05, 4.69) is 16.3 Å². The average Bonchev–Trinajstić information content (AvgIpc) is 2.25. The van der Waals surface area contributed by atoms with Gasteiger partial charge in [0.2, 0.25) is 5.88 Å². The fourth-order valence-corrected chi connectivity index (χ4v) is 0.885. The fourth-order valence-electron chi connectivity index (χ4n) is 0.885. The number of rotatable bonds is 4. The molecule has 1 aromatic rings. The second kappa shape index (κ2) is 4.78. The van der Waals surface area contributed by atoms with Crippen LogP contribution in [0.4, 0.5) is 13.2 Å². The third-order valence-corrected chi connectivity index (χ3v) is 1.59. The zero-order valence-electron chi connectivity index (χ0n) is 8.12. The molecule has 0 saturated heterocycles. The highest BCUT2D eigenvalue weighted by molar-refractivity contribution is 6.03. The number of pyridine rings is 1. The molecule has 0 radical (unpaired) electrons. The maximum Gasteiger partial charge on any atom is 0.422 e. The molecule has 0 spiro atoms. The second-order valence-electron chi connectivity index (χ2n) is 2.86. The van der Waals surface area contributed by atoms with Crippen molar-refractivity contribution < 1.29 is 22.7 Å². The number of allylic oxidation sites excluding steroid dienone is 1. The van der Waals surface area contributed by atoms with Gasteiger partial charge in [-0.15, -0.1) is 0 Å². The number of carbonyl (C=O) groups is 1. The van der Waals surface area contributed by atoms with E-state index in [0.717, 1.165) is 12.3 Å². The molecule has 1 heterocycles. The number of hydrogen-bond donors (Lipinski definition) is 0. The van der Waals surface area contributed by atoms with Gasteiger partial charge < -0.3 is 4.74 Å². The predicted molar refractivity (Wildman–Crippen MR) is 50.3 cm³/mol. The Bertz CT molecular complexity index is 384. The van der Waals surface area contributed by atoms with Crippen LogP contribution in [0.3, 0.4) is 0 Å². The van der Waals surface area contributed by atoms with Crippen molar-refractivity contribution in [3.05, 3.63) is 36.5 Å². The highest BCUT2D eigenvalue weighted by Gasteiger charge is 2.28. The monoisotopic (exact) mass is 231 g/mol. The van der Waals surface area contributed by atoms with Crippen LogP contribution < -0.4 is 4.74 Å². The largest absolute Gasteiger partial charge is 0.468 e. The summed E-state index contributed by atoms with van der Waals surface area (Å²) in [5, 5.41) is 0. The maximum atomic E-state index is 11.8. The Morgan fingerprint density at radius 3 is 2.62 bits per heavy atom. The lowest BCUT2D eigenvalue weighted by Gasteiger charge is -2.07. The van der Waals surface area contributed by atoms with Crippen LogP contribution >= 0.6 is 0 Å². The number of ketones is 1. The van der Waals surface area contributed by atoms with Crippen LogP contribution in [0.2, 0.25) is 0 Å². The topological polar surface area (TPSA) is 39.2 Å². The fraction of sp³-hybridized carbons (Fsp3) is 0.200. The van der Waals surface area contributed by atoms with Crippen molar-refractivity contribution in [1.29, 1.82) is 0 Å². The van der Waals surface area contributed by atoms with Crippen LogP contribution in [-0.2, 0) is 0 Å². The minimum absolute atomic E-state index is 0.182. The third-order valence-electron chi connectivity index (χ3n) is 1.59. The first-order valence-electron chi connectivity index (χ1n) is 4.25. The van der Waals surface area contributed by atoms with E-state index < -0.39 is 12.8 Å². The summed E-state index contributed by atoms with van der Waals surface area (Å²) in [6, 6.07) is 2.52. The molecule has 0 bridgehead atoms. The van der Waals surface area contributed by atoms with Crippen LogP contribution in [0.1, 0.15) is 10.4 Å². The van der Waals surface area contributed by atoms with E-state index in [-0.39, 0.29) is 17.2 Å². The molecule has 1 rings (SSSR count). The number of alkyl halides is 3. The molecule has 0 amide bonds. The zero-order chi connectivity index (χ0) is 12.2. The molecule has 0 fully saturated rings. The van der Waals surface area contributed by atoms with Crippen molar-refractivity contribution in [2.24, 2.45) is 0 Å². The van der Waals surface area contributed by atoms with Gasteiger partial charge >= 0.3 is 6.18 Å². The average molecular weight is 231 g/mol. The number of ether oxygens (including phenoxy) is 1. The van der Waals surface area contributed by atoms with Crippen molar-refractivity contribution in [3.8, 4) is 5.88 Å². The van der Waals surface area contributed by atoms with Crippen LogP contribution in [-0.4, -0.2) is 23.6 Å². The smallest absolute Gasteiger partial charge is 0.422 e. The number of carbonyl (C=O) groups excluding carboxylic acids is 1. The summed E-state index contributed by atoms with van der Waals surface area (Å²) in [5.74, 6) is -0.534. The van der Waals surface area contributed by atoms with Gasteiger partial charge in [0.1, 0.15) is 0 Å². The van der Waals surface area contributed by atoms with Crippen molar-refractivity contribution >= 4 is 5.78 Å². The molecule has 0 aliphatic rings. The third kappa shape index (κ3) is 3.72. The molecule has 6 heteroatoms. The summed E-state index contributed by atoms with van der Waals surface area (Å²) < 4.78 is 39.7. The summed E-state index contributed by atoms with van der Waals surface area (Å²) in [7, 11) is 0. The molecular formula is C10H8F3NO2. The Morgan fingerprint density at radius 1 is 1.50 bits per heavy atom. The van der Waals surface area contributed by atoms with Crippen LogP contribution in [0, 0.1) is 0 Å². The van der Waals surface area contributed by atoms with Gasteiger partial charge in [0.15, 0.2) is 12.4 Å². The number of nitrogens with zero attached hydrogens (tertiary/aromatic N) is 1. The van der Waals surface area contributed by atoms with Crippen molar-refractivity contribution in [2.45, 2.75) is 6.18 Å². The van der Waals surface area contributed by atoms with Gasteiger partial charge in [0.25, 0.3) is 0 Å². The molecule has 0 atom stereocenters. The highest BCUT2D eigenvalue weighted by atomic mass is 19.4. The Morgan fingerprint density at radius 2 is 2.19 bits per heavy atom.